The van der Waals surface area contributed by atoms with Crippen LogP contribution in [-0.2, 0) is 6.40 Å². The standard InChI is InChI=1S/C10H15NO2/c1-13-10-4-2-8(3-5-10)6-9(11)7-12/h2-5,9,12H,6-7,11H2,1H3/t9-/m1/s1/i6D,9D/t6-,9-. The molecule has 1 aromatic carbocycles. The summed E-state index contributed by atoms with van der Waals surface area (Å²) in [5.74, 6) is 0.683. The number of nitrogens with two attached hydrogens (primary N) is 1. The van der Waals surface area contributed by atoms with Crippen molar-refractivity contribution in [2.75, 3.05) is 13.7 Å². The van der Waals surface area contributed by atoms with Gasteiger partial charge in [0.05, 0.1) is 13.7 Å². The van der Waals surface area contributed by atoms with E-state index >= 15 is 0 Å². The van der Waals surface area contributed by atoms with Gasteiger partial charge < -0.3 is 15.6 Å². The van der Waals surface area contributed by atoms with Gasteiger partial charge in [-0.25, -0.2) is 0 Å². The molecule has 13 heavy (non-hydrogen) atoms. The van der Waals surface area contributed by atoms with Crippen LogP contribution >= 0.6 is 0 Å². The molecule has 1 aromatic rings. The molecule has 0 heterocycles. The van der Waals surface area contributed by atoms with Crippen LogP contribution in [0.3, 0.4) is 0 Å². The zero-order chi connectivity index (χ0) is 11.5. The summed E-state index contributed by atoms with van der Waals surface area (Å²) in [6.45, 7) is -0.548. The SMILES string of the molecule is [2H][C@H](c1ccc(OC)cc1)[C@@]([2H])(N)CO. The van der Waals surface area contributed by atoms with Crippen molar-refractivity contribution in [2.45, 2.75) is 12.4 Å². The van der Waals surface area contributed by atoms with Gasteiger partial charge in [-0.2, -0.15) is 0 Å². The van der Waals surface area contributed by atoms with Crippen LogP contribution in [0.15, 0.2) is 24.3 Å². The van der Waals surface area contributed by atoms with E-state index in [1.54, 1.807) is 31.4 Å². The summed E-state index contributed by atoms with van der Waals surface area (Å²) in [5.41, 5.74) is 6.05. The van der Waals surface area contributed by atoms with Crippen LogP contribution < -0.4 is 10.5 Å². The zero-order valence-corrected chi connectivity index (χ0v) is 7.53. The average Bonchev–Trinajstić information content (AvgIpc) is 2.28. The monoisotopic (exact) mass is 183 g/mol. The average molecular weight is 183 g/mol. The Morgan fingerprint density at radius 2 is 2.23 bits per heavy atom. The first-order chi connectivity index (χ1) is 7.01. The third-order valence-electron chi connectivity index (χ3n) is 1.65. The summed E-state index contributed by atoms with van der Waals surface area (Å²) in [6.07, 6.45) is -0.978. The number of methoxy groups -OCH3 is 1. The minimum absolute atomic E-state index is 0.548. The van der Waals surface area contributed by atoms with Gasteiger partial charge in [-0.15, -0.1) is 0 Å². The highest BCUT2D eigenvalue weighted by Crippen LogP contribution is 2.11. The molecule has 0 amide bonds. The lowest BCUT2D eigenvalue weighted by atomic mass is 10.1. The Bertz CT molecular complexity index is 314. The van der Waals surface area contributed by atoms with Crippen LogP contribution in [0.25, 0.3) is 0 Å². The molecule has 0 spiro atoms. The van der Waals surface area contributed by atoms with Crippen LogP contribution in [0.4, 0.5) is 0 Å². The Morgan fingerprint density at radius 1 is 1.62 bits per heavy atom. The van der Waals surface area contributed by atoms with Crippen molar-refractivity contribution < 1.29 is 12.6 Å². The lowest BCUT2D eigenvalue weighted by Crippen LogP contribution is -2.26. The fourth-order valence-corrected chi connectivity index (χ4v) is 0.960. The Balaban J connectivity index is 2.87. The first-order valence-corrected chi connectivity index (χ1v) is 3.97. The van der Waals surface area contributed by atoms with Crippen LogP contribution in [0.1, 0.15) is 8.30 Å². The molecule has 0 aliphatic heterocycles. The summed E-state index contributed by atoms with van der Waals surface area (Å²) in [6, 6.07) is 5.06. The van der Waals surface area contributed by atoms with E-state index in [1.807, 2.05) is 0 Å². The van der Waals surface area contributed by atoms with Crippen LogP contribution in [-0.4, -0.2) is 24.8 Å². The van der Waals surface area contributed by atoms with Crippen molar-refractivity contribution in [3.05, 3.63) is 29.8 Å². The van der Waals surface area contributed by atoms with E-state index in [4.69, 9.17) is 18.3 Å². The maximum atomic E-state index is 8.87. The molecule has 2 atom stereocenters. The number of aliphatic hydroxyl groups is 1. The van der Waals surface area contributed by atoms with Crippen LogP contribution in [0.2, 0.25) is 0 Å². The van der Waals surface area contributed by atoms with Gasteiger partial charge in [0, 0.05) is 8.76 Å². The number of ether oxygens (including phenoxy) is 1. The van der Waals surface area contributed by atoms with E-state index < -0.39 is 19.0 Å². The second-order valence-electron chi connectivity index (χ2n) is 2.65. The molecule has 0 aliphatic rings. The summed E-state index contributed by atoms with van der Waals surface area (Å²) in [4.78, 5) is 0. The summed E-state index contributed by atoms with van der Waals surface area (Å²) in [7, 11) is 1.55. The molecule has 3 N–H and O–H groups in total. The molecule has 1 rings (SSSR count). The van der Waals surface area contributed by atoms with E-state index in [1.165, 1.54) is 0 Å². The molecular formula is C10H15NO2. The molecule has 0 aromatic heterocycles. The van der Waals surface area contributed by atoms with Gasteiger partial charge in [0.15, 0.2) is 0 Å². The zero-order valence-electron chi connectivity index (χ0n) is 9.53. The number of benzene rings is 1. The van der Waals surface area contributed by atoms with Gasteiger partial charge in [-0.3, -0.25) is 0 Å². The fourth-order valence-electron chi connectivity index (χ4n) is 0.960. The second kappa shape index (κ2) is 4.84. The molecule has 3 heteroatoms. The van der Waals surface area contributed by atoms with Crippen molar-refractivity contribution in [1.29, 1.82) is 0 Å². The minimum Gasteiger partial charge on any atom is -0.497 e. The van der Waals surface area contributed by atoms with Crippen molar-refractivity contribution in [3.63, 3.8) is 0 Å². The summed E-state index contributed by atoms with van der Waals surface area (Å²) in [5, 5.41) is 8.87. The topological polar surface area (TPSA) is 55.5 Å². The van der Waals surface area contributed by atoms with Crippen LogP contribution in [0, 0.1) is 0 Å². The fraction of sp³-hybridized carbons (Fsp3) is 0.400. The molecule has 3 nitrogen and oxygen atoms in total. The Labute approximate surface area is 80.9 Å². The predicted molar refractivity (Wildman–Crippen MR) is 51.8 cm³/mol. The van der Waals surface area contributed by atoms with Gasteiger partial charge >= 0.3 is 0 Å². The number of aliphatic hydroxyl groups excluding tert-OH is 1. The Kier molecular flexibility index (Phi) is 2.74. The van der Waals surface area contributed by atoms with Crippen molar-refractivity contribution >= 4 is 0 Å². The number of hydrogen-bond donors (Lipinski definition) is 2. The molecule has 0 aliphatic carbocycles. The van der Waals surface area contributed by atoms with Crippen molar-refractivity contribution in [1.82, 2.24) is 0 Å². The van der Waals surface area contributed by atoms with Gasteiger partial charge in [0.2, 0.25) is 0 Å². The first-order valence-electron chi connectivity index (χ1n) is 5.05. The molecule has 0 saturated carbocycles. The highest BCUT2D eigenvalue weighted by molar-refractivity contribution is 5.27. The van der Waals surface area contributed by atoms with Gasteiger partial charge in [0.1, 0.15) is 5.75 Å². The molecule has 0 fully saturated rings. The highest BCUT2D eigenvalue weighted by Gasteiger charge is 2.01. The molecule has 0 saturated heterocycles. The van der Waals surface area contributed by atoms with Gasteiger partial charge in [-0.05, 0) is 24.1 Å². The van der Waals surface area contributed by atoms with Crippen LogP contribution in [0.5, 0.6) is 5.75 Å². The quantitative estimate of drug-likeness (QED) is 0.717. The molecule has 0 unspecified atom stereocenters. The van der Waals surface area contributed by atoms with Gasteiger partial charge in [0.25, 0.3) is 0 Å². The first kappa shape index (κ1) is 7.35. The maximum Gasteiger partial charge on any atom is 0.118 e. The summed E-state index contributed by atoms with van der Waals surface area (Å²) >= 11 is 0. The van der Waals surface area contributed by atoms with E-state index in [0.717, 1.165) is 0 Å². The molecule has 72 valence electrons. The molecule has 0 radical (unpaired) electrons. The van der Waals surface area contributed by atoms with E-state index in [-0.39, 0.29) is 0 Å². The third-order valence-corrected chi connectivity index (χ3v) is 1.65. The largest absolute Gasteiger partial charge is 0.497 e. The molecule has 0 bridgehead atoms. The van der Waals surface area contributed by atoms with Gasteiger partial charge in [-0.1, -0.05) is 12.1 Å². The number of rotatable bonds is 4. The highest BCUT2D eigenvalue weighted by atomic mass is 16.5. The summed E-state index contributed by atoms with van der Waals surface area (Å²) < 4.78 is 20.2. The lowest BCUT2D eigenvalue weighted by molar-refractivity contribution is 0.265. The van der Waals surface area contributed by atoms with Crippen molar-refractivity contribution in [2.24, 2.45) is 5.73 Å². The third kappa shape index (κ3) is 3.05. The minimum atomic E-state index is -1.67. The molecular weight excluding hydrogens is 166 g/mol. The smallest absolute Gasteiger partial charge is 0.118 e. The van der Waals surface area contributed by atoms with E-state index in [9.17, 15) is 0 Å². The van der Waals surface area contributed by atoms with E-state index in [0.29, 0.717) is 11.3 Å². The predicted octanol–water partition coefficient (Wildman–Crippen LogP) is 0.557. The maximum absolute atomic E-state index is 8.87. The van der Waals surface area contributed by atoms with E-state index in [2.05, 4.69) is 0 Å². The normalized spacial score (nSPS) is 19.6. The number of hydrogen-bond acceptors (Lipinski definition) is 3. The Hall–Kier alpha value is -1.06. The van der Waals surface area contributed by atoms with Crippen molar-refractivity contribution in [3.8, 4) is 5.75 Å². The second-order valence-corrected chi connectivity index (χ2v) is 2.65. The lowest BCUT2D eigenvalue weighted by Gasteiger charge is -2.08. The Morgan fingerprint density at radius 3 is 2.69 bits per heavy atom.